The highest BCUT2D eigenvalue weighted by molar-refractivity contribution is 7.11. The van der Waals surface area contributed by atoms with E-state index in [1.54, 1.807) is 23.7 Å². The minimum Gasteiger partial charge on any atom is -0.370 e. The maximum atomic E-state index is 12.7. The third-order valence-corrected chi connectivity index (χ3v) is 4.82. The van der Waals surface area contributed by atoms with Gasteiger partial charge in [0.25, 0.3) is 5.56 Å². The van der Waals surface area contributed by atoms with Crippen LogP contribution in [0, 0.1) is 0 Å². The first-order chi connectivity index (χ1) is 13.4. The summed E-state index contributed by atoms with van der Waals surface area (Å²) in [6.07, 6.45) is 4.52. The van der Waals surface area contributed by atoms with E-state index in [0.717, 1.165) is 0 Å². The molecule has 2 aromatic rings. The van der Waals surface area contributed by atoms with Crippen LogP contribution in [0.2, 0.25) is 0 Å². The van der Waals surface area contributed by atoms with Crippen LogP contribution in [0.5, 0.6) is 0 Å². The number of nitrogens with one attached hydrogen (secondary N) is 1. The summed E-state index contributed by atoms with van der Waals surface area (Å²) in [6, 6.07) is 2.69. The zero-order valence-corrected chi connectivity index (χ0v) is 16.4. The molecule has 0 radical (unpaired) electrons. The molecule has 0 spiro atoms. The van der Waals surface area contributed by atoms with Gasteiger partial charge in [-0.15, -0.1) is 11.3 Å². The molecule has 150 valence electrons. The highest BCUT2D eigenvalue weighted by Gasteiger charge is 2.24. The second-order valence-electron chi connectivity index (χ2n) is 6.09. The maximum Gasteiger partial charge on any atom is 0.254 e. The summed E-state index contributed by atoms with van der Waals surface area (Å²) >= 11 is 1.21. The molecular weight excluding hydrogens is 380 g/mol. The summed E-state index contributed by atoms with van der Waals surface area (Å²) < 4.78 is 1.33. The van der Waals surface area contributed by atoms with Crippen LogP contribution in [0.4, 0.5) is 0 Å². The topological polar surface area (TPSA) is 145 Å². The van der Waals surface area contributed by atoms with Crippen LogP contribution in [-0.2, 0) is 17.8 Å². The molecule has 9 nitrogen and oxygen atoms in total. The summed E-state index contributed by atoms with van der Waals surface area (Å²) in [6.45, 7) is 2.06. The standard InChI is InChI=1S/C18H24N6O3S/c1-2-12-5-4-9-24(17(12)27)11-14(25)23-13(6-3-7-22-18(19)20)15(26)16-21-8-10-28-16/h4-5,8-10,13H,2-3,6-7,11H2,1H3,(H,23,25)(H4,19,20,22). The number of aromatic nitrogens is 2. The summed E-state index contributed by atoms with van der Waals surface area (Å²) in [7, 11) is 0. The zero-order valence-electron chi connectivity index (χ0n) is 15.6. The van der Waals surface area contributed by atoms with Crippen molar-refractivity contribution in [1.82, 2.24) is 14.9 Å². The van der Waals surface area contributed by atoms with Crippen molar-refractivity contribution in [3.8, 4) is 0 Å². The Balaban J connectivity index is 2.08. The lowest BCUT2D eigenvalue weighted by Gasteiger charge is -2.17. The number of hydrogen-bond acceptors (Lipinski definition) is 6. The Labute approximate surface area is 166 Å². The number of carbonyl (C=O) groups is 2. The summed E-state index contributed by atoms with van der Waals surface area (Å²) in [4.78, 5) is 45.3. The van der Waals surface area contributed by atoms with E-state index >= 15 is 0 Å². The van der Waals surface area contributed by atoms with Gasteiger partial charge < -0.3 is 21.4 Å². The zero-order chi connectivity index (χ0) is 20.5. The van der Waals surface area contributed by atoms with Crippen LogP contribution in [0.3, 0.4) is 0 Å². The highest BCUT2D eigenvalue weighted by atomic mass is 32.1. The molecule has 28 heavy (non-hydrogen) atoms. The highest BCUT2D eigenvalue weighted by Crippen LogP contribution is 2.11. The van der Waals surface area contributed by atoms with Gasteiger partial charge in [0.05, 0.1) is 6.04 Å². The van der Waals surface area contributed by atoms with Crippen LogP contribution >= 0.6 is 11.3 Å². The molecule has 0 fully saturated rings. The lowest BCUT2D eigenvalue weighted by atomic mass is 10.1. The monoisotopic (exact) mass is 404 g/mol. The van der Waals surface area contributed by atoms with Crippen molar-refractivity contribution in [3.63, 3.8) is 0 Å². The molecule has 5 N–H and O–H groups in total. The Morgan fingerprint density at radius 2 is 2.18 bits per heavy atom. The number of carbonyl (C=O) groups excluding carboxylic acids is 2. The molecule has 1 atom stereocenters. The molecule has 2 heterocycles. The van der Waals surface area contributed by atoms with E-state index in [4.69, 9.17) is 11.5 Å². The number of thiazole rings is 1. The summed E-state index contributed by atoms with van der Waals surface area (Å²) in [5.74, 6) is -0.725. The van der Waals surface area contributed by atoms with Crippen molar-refractivity contribution < 1.29 is 9.59 Å². The SMILES string of the molecule is CCc1cccn(CC(=O)NC(CCCN=C(N)N)C(=O)c2nccs2)c1=O. The molecule has 0 bridgehead atoms. The largest absolute Gasteiger partial charge is 0.370 e. The lowest BCUT2D eigenvalue weighted by Crippen LogP contribution is -2.43. The van der Waals surface area contributed by atoms with Gasteiger partial charge in [0.15, 0.2) is 11.0 Å². The Kier molecular flexibility index (Phi) is 7.88. The number of aliphatic imine (C=N–C) groups is 1. The molecule has 0 aliphatic rings. The number of nitrogens with two attached hydrogens (primary N) is 2. The molecule has 2 aromatic heterocycles. The van der Waals surface area contributed by atoms with Gasteiger partial charge in [0.2, 0.25) is 11.7 Å². The van der Waals surface area contributed by atoms with E-state index in [-0.39, 0.29) is 23.8 Å². The molecular formula is C18H24N6O3S. The van der Waals surface area contributed by atoms with E-state index < -0.39 is 11.9 Å². The van der Waals surface area contributed by atoms with Gasteiger partial charge in [-0.2, -0.15) is 0 Å². The van der Waals surface area contributed by atoms with Gasteiger partial charge in [-0.25, -0.2) is 4.98 Å². The smallest absolute Gasteiger partial charge is 0.254 e. The first-order valence-electron chi connectivity index (χ1n) is 8.89. The van der Waals surface area contributed by atoms with Crippen molar-refractivity contribution in [2.45, 2.75) is 38.8 Å². The van der Waals surface area contributed by atoms with E-state index in [2.05, 4.69) is 15.3 Å². The molecule has 0 aromatic carbocycles. The van der Waals surface area contributed by atoms with Gasteiger partial charge in [-0.3, -0.25) is 19.4 Å². The number of hydrogen-bond donors (Lipinski definition) is 3. The molecule has 0 aliphatic heterocycles. The number of rotatable bonds is 10. The first-order valence-corrected chi connectivity index (χ1v) is 9.77. The number of aryl methyl sites for hydroxylation is 1. The quantitative estimate of drug-likeness (QED) is 0.224. The number of pyridine rings is 1. The van der Waals surface area contributed by atoms with Crippen molar-refractivity contribution in [3.05, 3.63) is 50.8 Å². The van der Waals surface area contributed by atoms with Gasteiger partial charge in [-0.1, -0.05) is 13.0 Å². The van der Waals surface area contributed by atoms with Crippen LogP contribution in [-0.4, -0.2) is 39.8 Å². The minimum absolute atomic E-state index is 0.0259. The Morgan fingerprint density at radius 3 is 2.82 bits per heavy atom. The average Bonchev–Trinajstić information content (AvgIpc) is 3.20. The molecule has 0 saturated carbocycles. The van der Waals surface area contributed by atoms with Crippen LogP contribution in [0.1, 0.15) is 35.1 Å². The summed E-state index contributed by atoms with van der Waals surface area (Å²) in [5, 5.41) is 4.73. The van der Waals surface area contributed by atoms with Gasteiger partial charge in [0, 0.05) is 29.9 Å². The van der Waals surface area contributed by atoms with Crippen molar-refractivity contribution in [1.29, 1.82) is 0 Å². The van der Waals surface area contributed by atoms with E-state index in [1.807, 2.05) is 6.92 Å². The third kappa shape index (κ3) is 6.02. The van der Waals surface area contributed by atoms with Gasteiger partial charge >= 0.3 is 0 Å². The van der Waals surface area contributed by atoms with Crippen LogP contribution in [0.25, 0.3) is 0 Å². The maximum absolute atomic E-state index is 12.7. The molecule has 10 heteroatoms. The second kappa shape index (κ2) is 10.4. The van der Waals surface area contributed by atoms with Crippen molar-refractivity contribution >= 4 is 29.0 Å². The van der Waals surface area contributed by atoms with Gasteiger partial charge in [0.1, 0.15) is 6.54 Å². The van der Waals surface area contributed by atoms with E-state index in [1.165, 1.54) is 22.1 Å². The molecule has 2 rings (SSSR count). The minimum atomic E-state index is -0.766. The number of guanidine groups is 1. The molecule has 0 saturated heterocycles. The number of ketones is 1. The fraction of sp³-hybridized carbons (Fsp3) is 0.389. The van der Waals surface area contributed by atoms with Crippen molar-refractivity contribution in [2.75, 3.05) is 6.54 Å². The van der Waals surface area contributed by atoms with Crippen LogP contribution in [0.15, 0.2) is 39.7 Å². The number of amides is 1. The first kappa shape index (κ1) is 21.3. The molecule has 0 aliphatic carbocycles. The van der Waals surface area contributed by atoms with E-state index in [9.17, 15) is 14.4 Å². The predicted molar refractivity (Wildman–Crippen MR) is 108 cm³/mol. The number of nitrogens with zero attached hydrogens (tertiary/aromatic N) is 3. The lowest BCUT2D eigenvalue weighted by molar-refractivity contribution is -0.122. The normalized spacial score (nSPS) is 11.6. The van der Waals surface area contributed by atoms with Crippen molar-refractivity contribution in [2.24, 2.45) is 16.5 Å². The van der Waals surface area contributed by atoms with E-state index in [0.29, 0.717) is 36.4 Å². The Hall–Kier alpha value is -3.01. The second-order valence-corrected chi connectivity index (χ2v) is 6.99. The Morgan fingerprint density at radius 1 is 1.39 bits per heavy atom. The predicted octanol–water partition coefficient (Wildman–Crippen LogP) is 0.289. The fourth-order valence-electron chi connectivity index (χ4n) is 2.64. The molecule has 1 unspecified atom stereocenters. The average molecular weight is 404 g/mol. The fourth-order valence-corrected chi connectivity index (χ4v) is 3.27. The Bertz CT molecular complexity index is 887. The van der Waals surface area contributed by atoms with Gasteiger partial charge in [-0.05, 0) is 25.3 Å². The number of Topliss-reactive ketones (excluding diaryl/α,β-unsaturated/α-hetero) is 1. The summed E-state index contributed by atoms with van der Waals surface area (Å²) in [5.41, 5.74) is 11.0. The van der Waals surface area contributed by atoms with Crippen LogP contribution < -0.4 is 22.3 Å². The third-order valence-electron chi connectivity index (χ3n) is 4.03. The molecule has 1 amide bonds.